The summed E-state index contributed by atoms with van der Waals surface area (Å²) in [6.07, 6.45) is 74.7. The lowest BCUT2D eigenvalue weighted by molar-refractivity contribution is -0.167. The van der Waals surface area contributed by atoms with Crippen molar-refractivity contribution >= 4 is 17.9 Å². The van der Waals surface area contributed by atoms with E-state index in [1.165, 1.54) is 51.4 Å². The van der Waals surface area contributed by atoms with Crippen LogP contribution in [0.3, 0.4) is 0 Å². The summed E-state index contributed by atoms with van der Waals surface area (Å²) in [5, 5.41) is 0. The molecular weight excluding hydrogens is 829 g/mol. The Kier molecular flexibility index (Phi) is 51.0. The van der Waals surface area contributed by atoms with E-state index in [4.69, 9.17) is 14.2 Å². The molecule has 0 radical (unpaired) electrons. The minimum Gasteiger partial charge on any atom is -0.462 e. The van der Waals surface area contributed by atoms with Crippen LogP contribution in [-0.4, -0.2) is 37.2 Å². The minimum absolute atomic E-state index is 0.111. The molecule has 0 aliphatic heterocycles. The number of allylic oxidation sites excluding steroid dienone is 20. The van der Waals surface area contributed by atoms with Gasteiger partial charge in [-0.3, -0.25) is 14.4 Å². The van der Waals surface area contributed by atoms with Crippen LogP contribution in [0.25, 0.3) is 0 Å². The molecule has 0 N–H and O–H groups in total. The summed E-state index contributed by atoms with van der Waals surface area (Å²) in [6.45, 7) is 6.31. The summed E-state index contributed by atoms with van der Waals surface area (Å²) in [5.74, 6) is -0.999. The van der Waals surface area contributed by atoms with Gasteiger partial charge >= 0.3 is 17.9 Å². The zero-order valence-corrected chi connectivity index (χ0v) is 43.1. The highest BCUT2D eigenvalue weighted by molar-refractivity contribution is 5.71. The van der Waals surface area contributed by atoms with Crippen molar-refractivity contribution in [2.24, 2.45) is 0 Å². The van der Waals surface area contributed by atoms with E-state index in [-0.39, 0.29) is 37.5 Å². The van der Waals surface area contributed by atoms with E-state index < -0.39 is 6.10 Å². The van der Waals surface area contributed by atoms with Crippen LogP contribution in [0.2, 0.25) is 0 Å². The highest BCUT2D eigenvalue weighted by Gasteiger charge is 2.19. The second-order valence-electron chi connectivity index (χ2n) is 17.4. The predicted molar refractivity (Wildman–Crippen MR) is 288 cm³/mol. The fourth-order valence-corrected chi connectivity index (χ4v) is 6.93. The molecule has 0 aromatic rings. The third kappa shape index (κ3) is 52.6. The van der Waals surface area contributed by atoms with Crippen LogP contribution >= 0.6 is 0 Å². The van der Waals surface area contributed by atoms with Gasteiger partial charge in [0.2, 0.25) is 0 Å². The molecule has 67 heavy (non-hydrogen) atoms. The lowest BCUT2D eigenvalue weighted by atomic mass is 10.1. The fourth-order valence-electron chi connectivity index (χ4n) is 6.93. The molecular formula is C61H98O6. The van der Waals surface area contributed by atoms with Gasteiger partial charge in [-0.2, -0.15) is 0 Å². The molecule has 6 nitrogen and oxygen atoms in total. The van der Waals surface area contributed by atoms with Gasteiger partial charge in [-0.15, -0.1) is 0 Å². The zero-order valence-electron chi connectivity index (χ0n) is 43.1. The first-order valence-corrected chi connectivity index (χ1v) is 27.0. The quantitative estimate of drug-likeness (QED) is 0.0262. The second-order valence-corrected chi connectivity index (χ2v) is 17.4. The molecule has 0 saturated heterocycles. The SMILES string of the molecule is CC/C=C\C/C=C\C/C=C\CCCCCCCCC(=O)OCC(COC(=O)CCC/C=C\C/C=C\C/C=C\C/C=C\CCCCC)OC(=O)CCCCCCCC/C=C\C/C=C\C/C=C\CC. The molecule has 0 aliphatic rings. The smallest absolute Gasteiger partial charge is 0.306 e. The minimum atomic E-state index is -0.816. The Morgan fingerprint density at radius 1 is 0.313 bits per heavy atom. The Labute approximate surface area is 412 Å². The van der Waals surface area contributed by atoms with Gasteiger partial charge in [0.15, 0.2) is 6.10 Å². The average Bonchev–Trinajstić information content (AvgIpc) is 3.33. The first-order valence-electron chi connectivity index (χ1n) is 27.0. The van der Waals surface area contributed by atoms with Gasteiger partial charge in [-0.1, -0.05) is 206 Å². The van der Waals surface area contributed by atoms with Crippen LogP contribution in [0, 0.1) is 0 Å². The molecule has 0 saturated carbocycles. The summed E-state index contributed by atoms with van der Waals surface area (Å²) in [6, 6.07) is 0. The molecule has 0 rings (SSSR count). The fraction of sp³-hybridized carbons (Fsp3) is 0.623. The predicted octanol–water partition coefficient (Wildman–Crippen LogP) is 18.1. The van der Waals surface area contributed by atoms with Crippen LogP contribution in [0.4, 0.5) is 0 Å². The molecule has 6 heteroatoms. The zero-order chi connectivity index (χ0) is 48.6. The third-order valence-corrected chi connectivity index (χ3v) is 10.9. The Balaban J connectivity index is 4.54. The van der Waals surface area contributed by atoms with Gasteiger partial charge in [-0.25, -0.2) is 0 Å². The average molecular weight is 927 g/mol. The number of esters is 3. The maximum Gasteiger partial charge on any atom is 0.306 e. The second kappa shape index (κ2) is 54.4. The molecule has 0 aromatic carbocycles. The number of ether oxygens (including phenoxy) is 3. The van der Waals surface area contributed by atoms with E-state index in [9.17, 15) is 14.4 Å². The van der Waals surface area contributed by atoms with Crippen molar-refractivity contribution in [1.29, 1.82) is 0 Å². The van der Waals surface area contributed by atoms with Crippen LogP contribution in [0.1, 0.15) is 226 Å². The highest BCUT2D eigenvalue weighted by Crippen LogP contribution is 2.13. The van der Waals surface area contributed by atoms with E-state index in [0.717, 1.165) is 128 Å². The Morgan fingerprint density at radius 3 is 0.970 bits per heavy atom. The van der Waals surface area contributed by atoms with Gasteiger partial charge in [-0.05, 0) is 122 Å². The number of hydrogen-bond donors (Lipinski definition) is 0. The summed E-state index contributed by atoms with van der Waals surface area (Å²) in [4.78, 5) is 38.1. The Hall–Kier alpha value is -4.19. The lowest BCUT2D eigenvalue weighted by Gasteiger charge is -2.18. The summed E-state index contributed by atoms with van der Waals surface area (Å²) >= 11 is 0. The maximum atomic E-state index is 12.8. The Morgan fingerprint density at radius 2 is 0.597 bits per heavy atom. The molecule has 0 heterocycles. The lowest BCUT2D eigenvalue weighted by Crippen LogP contribution is -2.30. The van der Waals surface area contributed by atoms with Crippen molar-refractivity contribution in [2.45, 2.75) is 232 Å². The van der Waals surface area contributed by atoms with Gasteiger partial charge in [0.25, 0.3) is 0 Å². The van der Waals surface area contributed by atoms with Gasteiger partial charge in [0, 0.05) is 19.3 Å². The van der Waals surface area contributed by atoms with Crippen molar-refractivity contribution in [3.05, 3.63) is 122 Å². The van der Waals surface area contributed by atoms with Crippen molar-refractivity contribution in [3.63, 3.8) is 0 Å². The molecule has 1 unspecified atom stereocenters. The number of carbonyl (C=O) groups excluding carboxylic acids is 3. The van der Waals surface area contributed by atoms with Crippen molar-refractivity contribution in [3.8, 4) is 0 Å². The number of rotatable bonds is 47. The number of hydrogen-bond acceptors (Lipinski definition) is 6. The largest absolute Gasteiger partial charge is 0.462 e. The van der Waals surface area contributed by atoms with Gasteiger partial charge in [0.05, 0.1) is 0 Å². The topological polar surface area (TPSA) is 78.9 Å². The number of carbonyl (C=O) groups is 3. The molecule has 0 fully saturated rings. The summed E-state index contributed by atoms with van der Waals surface area (Å²) in [7, 11) is 0. The normalized spacial score (nSPS) is 13.1. The molecule has 1 atom stereocenters. The summed E-state index contributed by atoms with van der Waals surface area (Å²) < 4.78 is 16.8. The maximum absolute atomic E-state index is 12.8. The van der Waals surface area contributed by atoms with Crippen molar-refractivity contribution < 1.29 is 28.6 Å². The van der Waals surface area contributed by atoms with E-state index in [1.807, 2.05) is 0 Å². The molecule has 0 bridgehead atoms. The molecule has 0 amide bonds. The first-order chi connectivity index (χ1) is 33.0. The van der Waals surface area contributed by atoms with Crippen molar-refractivity contribution in [1.82, 2.24) is 0 Å². The molecule has 0 aromatic heterocycles. The molecule has 0 spiro atoms. The van der Waals surface area contributed by atoms with Crippen LogP contribution in [0.5, 0.6) is 0 Å². The monoisotopic (exact) mass is 927 g/mol. The summed E-state index contributed by atoms with van der Waals surface area (Å²) in [5.41, 5.74) is 0. The molecule has 0 aliphatic carbocycles. The van der Waals surface area contributed by atoms with Crippen LogP contribution < -0.4 is 0 Å². The van der Waals surface area contributed by atoms with E-state index in [1.54, 1.807) is 0 Å². The van der Waals surface area contributed by atoms with E-state index in [0.29, 0.717) is 19.3 Å². The Bertz CT molecular complexity index is 1440. The van der Waals surface area contributed by atoms with Crippen LogP contribution in [-0.2, 0) is 28.6 Å². The van der Waals surface area contributed by atoms with Crippen molar-refractivity contribution in [2.75, 3.05) is 13.2 Å². The highest BCUT2D eigenvalue weighted by atomic mass is 16.6. The van der Waals surface area contributed by atoms with Gasteiger partial charge in [0.1, 0.15) is 13.2 Å². The van der Waals surface area contributed by atoms with Crippen LogP contribution in [0.15, 0.2) is 122 Å². The van der Waals surface area contributed by atoms with E-state index >= 15 is 0 Å². The standard InChI is InChI=1S/C61H98O6/c1-4-7-10-13-16-19-22-25-28-31-34-36-39-42-45-48-51-54-60(63)66-57-58(67-61(64)55-52-49-46-43-40-37-33-30-27-24-21-18-15-12-9-6-3)56-65-59(62)53-50-47-44-41-38-35-32-29-26-23-20-17-14-11-8-5-2/h8-9,11-12,16-21,25-30,34,36,42,45,58H,4-7,10,13-15,22-24,31-33,35,37-41,43-44,46-57H2,1-3H3/b11-8-,12-9-,19-16-,20-17-,21-18-,28-25-,29-26-,30-27-,36-34-,45-42-. The van der Waals surface area contributed by atoms with Gasteiger partial charge < -0.3 is 14.2 Å². The third-order valence-electron chi connectivity index (χ3n) is 10.9. The van der Waals surface area contributed by atoms with E-state index in [2.05, 4.69) is 142 Å². The number of unbranched alkanes of at least 4 members (excludes halogenated alkanes) is 16. The first kappa shape index (κ1) is 62.8. The molecule has 378 valence electrons.